The van der Waals surface area contributed by atoms with Gasteiger partial charge in [-0.2, -0.15) is 0 Å². The smallest absolute Gasteiger partial charge is 0.342 e. The number of aromatic nitrogens is 1. The molecule has 5 aromatic rings. The fraction of sp³-hybridized carbons (Fsp3) is 0.100. The van der Waals surface area contributed by atoms with Crippen LogP contribution in [0.25, 0.3) is 33.3 Å². The van der Waals surface area contributed by atoms with Crippen LogP contribution in [-0.2, 0) is 4.74 Å². The number of halogens is 1. The molecule has 5 nitrogen and oxygen atoms in total. The van der Waals surface area contributed by atoms with E-state index in [0.29, 0.717) is 27.4 Å². The Kier molecular flexibility index (Phi) is 7.17. The van der Waals surface area contributed by atoms with Crippen molar-refractivity contribution < 1.29 is 14.3 Å². The van der Waals surface area contributed by atoms with Crippen LogP contribution in [0.15, 0.2) is 94.8 Å². The lowest BCUT2D eigenvalue weighted by Crippen LogP contribution is -2.17. The topological polar surface area (TPSA) is 68.3 Å². The van der Waals surface area contributed by atoms with Crippen molar-refractivity contribution in [1.29, 1.82) is 0 Å². The van der Waals surface area contributed by atoms with Gasteiger partial charge in [0.2, 0.25) is 0 Å². The molecule has 184 valence electrons. The van der Waals surface area contributed by atoms with Gasteiger partial charge in [0.25, 0.3) is 5.91 Å². The molecule has 0 aliphatic rings. The molecule has 0 aliphatic carbocycles. The minimum absolute atomic E-state index is 0.300. The Morgan fingerprint density at radius 3 is 2.35 bits per heavy atom. The van der Waals surface area contributed by atoms with Crippen molar-refractivity contribution in [2.75, 3.05) is 5.32 Å². The first-order valence-electron chi connectivity index (χ1n) is 11.8. The Balaban J connectivity index is 1.58. The monoisotopic (exact) mass is 570 g/mol. The summed E-state index contributed by atoms with van der Waals surface area (Å²) in [5.41, 5.74) is 4.72. The van der Waals surface area contributed by atoms with Gasteiger partial charge in [-0.1, -0.05) is 76.6 Å². The maximum atomic E-state index is 13.7. The number of ether oxygens (including phenoxy) is 1. The van der Waals surface area contributed by atoms with Crippen molar-refractivity contribution in [3.63, 3.8) is 0 Å². The summed E-state index contributed by atoms with van der Waals surface area (Å²) < 4.78 is 6.49. The summed E-state index contributed by atoms with van der Waals surface area (Å²) in [7, 11) is 0. The van der Waals surface area contributed by atoms with Crippen LogP contribution in [0.1, 0.15) is 34.6 Å². The van der Waals surface area contributed by atoms with Gasteiger partial charge >= 0.3 is 5.97 Å². The van der Waals surface area contributed by atoms with E-state index in [2.05, 4.69) is 21.2 Å². The number of pyridine rings is 1. The largest absolute Gasteiger partial charge is 0.459 e. The Hall–Kier alpha value is -3.81. The van der Waals surface area contributed by atoms with E-state index in [9.17, 15) is 9.59 Å². The highest BCUT2D eigenvalue weighted by molar-refractivity contribution is 9.10. The molecule has 0 saturated heterocycles. The highest BCUT2D eigenvalue weighted by atomic mass is 79.9. The lowest BCUT2D eigenvalue weighted by molar-refractivity contribution is 0.0380. The van der Waals surface area contributed by atoms with Gasteiger partial charge in [-0.25, -0.2) is 9.78 Å². The fourth-order valence-corrected chi connectivity index (χ4v) is 5.27. The number of nitrogens with zero attached hydrogens (tertiary/aromatic N) is 1. The van der Waals surface area contributed by atoms with Gasteiger partial charge in [0.15, 0.2) is 0 Å². The average molecular weight is 571 g/mol. The van der Waals surface area contributed by atoms with Crippen LogP contribution < -0.4 is 5.32 Å². The number of hydrogen-bond donors (Lipinski definition) is 1. The highest BCUT2D eigenvalue weighted by Crippen LogP contribution is 2.37. The maximum Gasteiger partial charge on any atom is 0.342 e. The predicted octanol–water partition coefficient (Wildman–Crippen LogP) is 8.21. The van der Waals surface area contributed by atoms with Gasteiger partial charge in [0, 0.05) is 26.4 Å². The summed E-state index contributed by atoms with van der Waals surface area (Å²) >= 11 is 4.75. The third-order valence-corrected chi connectivity index (χ3v) is 7.17. The quantitative estimate of drug-likeness (QED) is 0.209. The second-order valence-corrected chi connectivity index (χ2v) is 10.5. The summed E-state index contributed by atoms with van der Waals surface area (Å²) in [5, 5.41) is 6.04. The Bertz CT molecular complexity index is 1600. The van der Waals surface area contributed by atoms with Crippen LogP contribution in [0.4, 0.5) is 5.00 Å². The van der Waals surface area contributed by atoms with E-state index in [-0.39, 0.29) is 12.0 Å². The zero-order valence-corrected chi connectivity index (χ0v) is 22.6. The van der Waals surface area contributed by atoms with Crippen LogP contribution in [0.2, 0.25) is 0 Å². The van der Waals surface area contributed by atoms with Gasteiger partial charge < -0.3 is 10.1 Å². The van der Waals surface area contributed by atoms with Crippen LogP contribution in [0, 0.1) is 0 Å². The molecule has 2 heterocycles. The van der Waals surface area contributed by atoms with Crippen molar-refractivity contribution in [2.24, 2.45) is 0 Å². The second-order valence-electron chi connectivity index (χ2n) is 8.71. The first kappa shape index (κ1) is 24.9. The van der Waals surface area contributed by atoms with Crippen molar-refractivity contribution >= 4 is 55.0 Å². The number of fused-ring (bicyclic) bond motifs is 1. The van der Waals surface area contributed by atoms with E-state index in [1.165, 1.54) is 11.3 Å². The van der Waals surface area contributed by atoms with E-state index in [4.69, 9.17) is 9.72 Å². The molecular weight excluding hydrogens is 548 g/mol. The molecule has 2 aromatic heterocycles. The average Bonchev–Trinajstić information content (AvgIpc) is 3.32. The van der Waals surface area contributed by atoms with E-state index in [1.807, 2.05) is 84.2 Å². The van der Waals surface area contributed by atoms with Gasteiger partial charge in [-0.05, 0) is 43.7 Å². The first-order chi connectivity index (χ1) is 17.9. The van der Waals surface area contributed by atoms with Gasteiger partial charge in [-0.3, -0.25) is 4.79 Å². The van der Waals surface area contributed by atoms with Gasteiger partial charge in [0.05, 0.1) is 22.9 Å². The molecule has 37 heavy (non-hydrogen) atoms. The van der Waals surface area contributed by atoms with Crippen molar-refractivity contribution in [3.8, 4) is 22.4 Å². The van der Waals surface area contributed by atoms with Crippen LogP contribution in [0.3, 0.4) is 0 Å². The Labute approximate surface area is 227 Å². The highest BCUT2D eigenvalue weighted by Gasteiger charge is 2.25. The molecule has 0 saturated carbocycles. The fourth-order valence-electron chi connectivity index (χ4n) is 4.06. The molecule has 7 heteroatoms. The number of para-hydroxylation sites is 1. The summed E-state index contributed by atoms with van der Waals surface area (Å²) in [6.07, 6.45) is -0.300. The van der Waals surface area contributed by atoms with E-state index < -0.39 is 5.97 Å². The number of amides is 1. The molecule has 0 fully saturated rings. The van der Waals surface area contributed by atoms with Gasteiger partial charge in [-0.15, -0.1) is 11.3 Å². The zero-order valence-electron chi connectivity index (χ0n) is 20.2. The normalized spacial score (nSPS) is 11.0. The molecular formula is C30H23BrN2O3S. The maximum absolute atomic E-state index is 13.7. The number of thiophene rings is 1. The Morgan fingerprint density at radius 1 is 0.919 bits per heavy atom. The molecule has 5 rings (SSSR count). The molecule has 0 atom stereocenters. The number of nitrogens with one attached hydrogen (secondary N) is 1. The minimum Gasteiger partial charge on any atom is -0.459 e. The van der Waals surface area contributed by atoms with Crippen molar-refractivity contribution in [2.45, 2.75) is 20.0 Å². The van der Waals surface area contributed by atoms with E-state index >= 15 is 0 Å². The van der Waals surface area contributed by atoms with Crippen molar-refractivity contribution in [3.05, 3.63) is 106 Å². The minimum atomic E-state index is -0.478. The summed E-state index contributed by atoms with van der Waals surface area (Å²) in [5.74, 6) is -0.799. The summed E-state index contributed by atoms with van der Waals surface area (Å²) in [6, 6.07) is 26.8. The number of carbonyl (C=O) groups is 2. The number of anilines is 1. The van der Waals surface area contributed by atoms with Crippen LogP contribution in [-0.4, -0.2) is 23.0 Å². The summed E-state index contributed by atoms with van der Waals surface area (Å²) in [4.78, 5) is 31.7. The molecule has 0 spiro atoms. The van der Waals surface area contributed by atoms with Gasteiger partial charge in [0.1, 0.15) is 10.6 Å². The molecule has 3 aromatic carbocycles. The third kappa shape index (κ3) is 5.33. The van der Waals surface area contributed by atoms with Crippen molar-refractivity contribution in [1.82, 2.24) is 4.98 Å². The molecule has 0 unspecified atom stereocenters. The lowest BCUT2D eigenvalue weighted by Gasteiger charge is -2.13. The number of rotatable bonds is 6. The van der Waals surface area contributed by atoms with E-state index in [1.54, 1.807) is 19.9 Å². The second kappa shape index (κ2) is 10.7. The molecule has 1 amide bonds. The SMILES string of the molecule is CC(C)OC(=O)c1c(-c2ccc(Br)cc2)csc1NC(=O)c1cc(-c2ccccc2)nc2ccccc12. The lowest BCUT2D eigenvalue weighted by atomic mass is 10.0. The number of hydrogen-bond acceptors (Lipinski definition) is 5. The third-order valence-electron chi connectivity index (χ3n) is 5.75. The predicted molar refractivity (Wildman–Crippen MR) is 153 cm³/mol. The number of carbonyl (C=O) groups excluding carboxylic acids is 2. The Morgan fingerprint density at radius 2 is 1.62 bits per heavy atom. The zero-order chi connectivity index (χ0) is 25.9. The number of esters is 1. The van der Waals surface area contributed by atoms with Crippen LogP contribution in [0.5, 0.6) is 0 Å². The first-order valence-corrected chi connectivity index (χ1v) is 13.4. The molecule has 0 aliphatic heterocycles. The molecule has 0 bridgehead atoms. The summed E-state index contributed by atoms with van der Waals surface area (Å²) in [6.45, 7) is 3.60. The molecule has 0 radical (unpaired) electrons. The van der Waals surface area contributed by atoms with E-state index in [0.717, 1.165) is 26.5 Å². The molecule has 1 N–H and O–H groups in total. The van der Waals surface area contributed by atoms with Crippen LogP contribution >= 0.6 is 27.3 Å². The standard InChI is InChI=1S/C30H23BrN2O3S/c1-18(2)36-30(35)27-24(19-12-14-21(31)15-13-19)17-37-29(27)33-28(34)23-16-26(20-8-4-3-5-9-20)32-25-11-7-6-10-22(23)25/h3-18H,1-2H3,(H,33,34). The number of benzene rings is 3.